The van der Waals surface area contributed by atoms with Gasteiger partial charge in [0.1, 0.15) is 5.58 Å². The Kier molecular flexibility index (Phi) is 4.82. The van der Waals surface area contributed by atoms with Crippen LogP contribution >= 0.6 is 0 Å². The number of para-hydroxylation sites is 3. The van der Waals surface area contributed by atoms with E-state index in [1.54, 1.807) is 31.4 Å². The van der Waals surface area contributed by atoms with Gasteiger partial charge in [0.05, 0.1) is 13.2 Å². The molecule has 0 aliphatic rings. The summed E-state index contributed by atoms with van der Waals surface area (Å²) in [6.07, 6.45) is 0. The van der Waals surface area contributed by atoms with Crippen LogP contribution in [-0.2, 0) is 11.3 Å². The Morgan fingerprint density at radius 3 is 2.50 bits per heavy atom. The van der Waals surface area contributed by atoms with Crippen molar-refractivity contribution in [3.8, 4) is 11.5 Å². The molecule has 0 aliphatic heterocycles. The molecule has 1 heterocycles. The number of carbonyl (C=O) groups excluding carboxylic acids is 1. The molecule has 24 heavy (non-hydrogen) atoms. The molecule has 1 aromatic heterocycles. The molecule has 0 unspecified atom stereocenters. The number of fused-ring (bicyclic) bond motifs is 1. The maximum absolute atomic E-state index is 12.6. The molecule has 0 amide bonds. The third-order valence-corrected chi connectivity index (χ3v) is 3.52. The molecule has 0 saturated carbocycles. The first-order valence-corrected chi connectivity index (χ1v) is 7.68. The van der Waals surface area contributed by atoms with E-state index in [0.29, 0.717) is 29.3 Å². The van der Waals surface area contributed by atoms with Crippen LogP contribution in [0.5, 0.6) is 11.5 Å². The number of esters is 1. The number of rotatable bonds is 6. The molecule has 0 radical (unpaired) electrons. The highest BCUT2D eigenvalue weighted by Gasteiger charge is 2.23. The minimum atomic E-state index is -0.578. The van der Waals surface area contributed by atoms with E-state index in [-0.39, 0.29) is 12.4 Å². The number of ether oxygens (including phenoxy) is 3. The molecule has 0 atom stereocenters. The number of hydrogen-bond acceptors (Lipinski definition) is 5. The Hall–Kier alpha value is -2.79. The lowest BCUT2D eigenvalue weighted by Gasteiger charge is -2.09. The number of methoxy groups -OCH3 is 1. The zero-order chi connectivity index (χ0) is 16.9. The van der Waals surface area contributed by atoms with Crippen molar-refractivity contribution >= 4 is 16.9 Å². The van der Waals surface area contributed by atoms with Crippen LogP contribution in [-0.4, -0.2) is 19.7 Å². The van der Waals surface area contributed by atoms with Crippen molar-refractivity contribution in [1.82, 2.24) is 0 Å². The zero-order valence-corrected chi connectivity index (χ0v) is 13.6. The standard InChI is InChI=1S/C19H18O5/c1-3-22-16-10-6-7-11-17(16)24-19(20)18-14(12-21-2)13-8-4-5-9-15(13)23-18/h4-11H,3,12H2,1-2H3. The summed E-state index contributed by atoms with van der Waals surface area (Å²) in [5.74, 6) is 0.431. The molecule has 5 nitrogen and oxygen atoms in total. The van der Waals surface area contributed by atoms with Crippen LogP contribution in [0.4, 0.5) is 0 Å². The Morgan fingerprint density at radius 1 is 1.04 bits per heavy atom. The highest BCUT2D eigenvalue weighted by Crippen LogP contribution is 2.30. The number of hydrogen-bond donors (Lipinski definition) is 0. The van der Waals surface area contributed by atoms with E-state index in [4.69, 9.17) is 18.6 Å². The molecule has 3 aromatic rings. The third-order valence-electron chi connectivity index (χ3n) is 3.52. The van der Waals surface area contributed by atoms with Crippen molar-refractivity contribution < 1.29 is 23.4 Å². The van der Waals surface area contributed by atoms with Gasteiger partial charge in [-0.1, -0.05) is 30.3 Å². The third kappa shape index (κ3) is 3.12. The van der Waals surface area contributed by atoms with Gasteiger partial charge in [-0.05, 0) is 25.1 Å². The van der Waals surface area contributed by atoms with Gasteiger partial charge >= 0.3 is 5.97 Å². The van der Waals surface area contributed by atoms with E-state index in [9.17, 15) is 4.79 Å². The monoisotopic (exact) mass is 326 g/mol. The Balaban J connectivity index is 1.96. The first-order valence-electron chi connectivity index (χ1n) is 7.68. The van der Waals surface area contributed by atoms with E-state index >= 15 is 0 Å². The summed E-state index contributed by atoms with van der Waals surface area (Å²) in [4.78, 5) is 12.6. The zero-order valence-electron chi connectivity index (χ0n) is 13.6. The molecule has 0 aliphatic carbocycles. The first-order chi connectivity index (χ1) is 11.7. The van der Waals surface area contributed by atoms with Gasteiger partial charge < -0.3 is 18.6 Å². The number of furan rings is 1. The summed E-state index contributed by atoms with van der Waals surface area (Å²) in [6.45, 7) is 2.61. The predicted octanol–water partition coefficient (Wildman–Crippen LogP) is 4.20. The van der Waals surface area contributed by atoms with E-state index < -0.39 is 5.97 Å². The summed E-state index contributed by atoms with van der Waals surface area (Å²) < 4.78 is 21.9. The largest absolute Gasteiger partial charge is 0.490 e. The maximum atomic E-state index is 12.6. The SMILES string of the molecule is CCOc1ccccc1OC(=O)c1oc2ccccc2c1COC. The molecule has 2 aromatic carbocycles. The van der Waals surface area contributed by atoms with E-state index in [1.165, 1.54) is 0 Å². The minimum Gasteiger partial charge on any atom is -0.490 e. The van der Waals surface area contributed by atoms with Crippen molar-refractivity contribution in [1.29, 1.82) is 0 Å². The molecule has 3 rings (SSSR count). The highest BCUT2D eigenvalue weighted by atomic mass is 16.6. The molecule has 0 spiro atoms. The predicted molar refractivity (Wildman–Crippen MR) is 89.5 cm³/mol. The summed E-state index contributed by atoms with van der Waals surface area (Å²) in [5, 5.41) is 0.837. The lowest BCUT2D eigenvalue weighted by molar-refractivity contribution is 0.0691. The highest BCUT2D eigenvalue weighted by molar-refractivity contribution is 5.97. The van der Waals surface area contributed by atoms with Crippen molar-refractivity contribution in [3.63, 3.8) is 0 Å². The molecular weight excluding hydrogens is 308 g/mol. The topological polar surface area (TPSA) is 57.9 Å². The lowest BCUT2D eigenvalue weighted by Crippen LogP contribution is -2.11. The van der Waals surface area contributed by atoms with Crippen molar-refractivity contribution in [2.45, 2.75) is 13.5 Å². The first kappa shape index (κ1) is 16.1. The van der Waals surface area contributed by atoms with E-state index in [1.807, 2.05) is 31.2 Å². The Labute approximate surface area is 139 Å². The fourth-order valence-corrected chi connectivity index (χ4v) is 2.51. The Bertz CT molecular complexity index is 850. The smallest absolute Gasteiger partial charge is 0.380 e. The molecule has 0 bridgehead atoms. The van der Waals surface area contributed by atoms with Crippen LogP contribution in [0, 0.1) is 0 Å². The Morgan fingerprint density at radius 2 is 1.75 bits per heavy atom. The fraction of sp³-hybridized carbons (Fsp3) is 0.211. The second-order valence-corrected chi connectivity index (χ2v) is 5.11. The second-order valence-electron chi connectivity index (χ2n) is 5.11. The quantitative estimate of drug-likeness (QED) is 0.502. The van der Waals surface area contributed by atoms with Crippen molar-refractivity contribution in [3.05, 3.63) is 59.9 Å². The van der Waals surface area contributed by atoms with Gasteiger partial charge in [0.15, 0.2) is 11.5 Å². The van der Waals surface area contributed by atoms with Gasteiger partial charge in [-0.2, -0.15) is 0 Å². The molecule has 0 N–H and O–H groups in total. The average molecular weight is 326 g/mol. The van der Waals surface area contributed by atoms with E-state index in [2.05, 4.69) is 0 Å². The van der Waals surface area contributed by atoms with Crippen LogP contribution < -0.4 is 9.47 Å². The molecule has 124 valence electrons. The summed E-state index contributed by atoms with van der Waals surface area (Å²) in [7, 11) is 1.57. The molecule has 5 heteroatoms. The van der Waals surface area contributed by atoms with Crippen LogP contribution in [0.1, 0.15) is 23.0 Å². The van der Waals surface area contributed by atoms with Gasteiger partial charge in [0.2, 0.25) is 5.76 Å². The van der Waals surface area contributed by atoms with Crippen LogP contribution in [0.3, 0.4) is 0 Å². The van der Waals surface area contributed by atoms with Gasteiger partial charge in [-0.15, -0.1) is 0 Å². The van der Waals surface area contributed by atoms with Gasteiger partial charge in [0, 0.05) is 18.1 Å². The summed E-state index contributed by atoms with van der Waals surface area (Å²) in [5.41, 5.74) is 1.29. The average Bonchev–Trinajstić information content (AvgIpc) is 2.96. The van der Waals surface area contributed by atoms with Gasteiger partial charge in [-0.25, -0.2) is 4.79 Å². The normalized spacial score (nSPS) is 10.8. The van der Waals surface area contributed by atoms with Crippen LogP contribution in [0.25, 0.3) is 11.0 Å². The molecule has 0 fully saturated rings. The molecule has 0 saturated heterocycles. The molecular formula is C19H18O5. The van der Waals surface area contributed by atoms with Crippen LogP contribution in [0.15, 0.2) is 52.9 Å². The number of carbonyl (C=O) groups is 1. The van der Waals surface area contributed by atoms with E-state index in [0.717, 1.165) is 5.39 Å². The van der Waals surface area contributed by atoms with Crippen LogP contribution in [0.2, 0.25) is 0 Å². The van der Waals surface area contributed by atoms with Crippen molar-refractivity contribution in [2.24, 2.45) is 0 Å². The van der Waals surface area contributed by atoms with Gasteiger partial charge in [-0.3, -0.25) is 0 Å². The minimum absolute atomic E-state index is 0.143. The fourth-order valence-electron chi connectivity index (χ4n) is 2.51. The maximum Gasteiger partial charge on any atom is 0.380 e. The lowest BCUT2D eigenvalue weighted by atomic mass is 10.1. The second kappa shape index (κ2) is 7.19. The van der Waals surface area contributed by atoms with Gasteiger partial charge in [0.25, 0.3) is 0 Å². The van der Waals surface area contributed by atoms with Crippen molar-refractivity contribution in [2.75, 3.05) is 13.7 Å². The number of benzene rings is 2. The summed E-state index contributed by atoms with van der Waals surface area (Å²) >= 11 is 0. The summed E-state index contributed by atoms with van der Waals surface area (Å²) in [6, 6.07) is 14.5.